The molecule has 38 heavy (non-hydrogen) atoms. The predicted molar refractivity (Wildman–Crippen MR) is 151 cm³/mol. The Balaban J connectivity index is 0.00000168. The summed E-state index contributed by atoms with van der Waals surface area (Å²) < 4.78 is 34.5. The summed E-state index contributed by atoms with van der Waals surface area (Å²) in [5, 5.41) is 1.33. The van der Waals surface area contributed by atoms with Crippen molar-refractivity contribution in [1.82, 2.24) is 15.0 Å². The lowest BCUT2D eigenvalue weighted by atomic mass is 10.0. The van der Waals surface area contributed by atoms with Crippen molar-refractivity contribution in [3.05, 3.63) is 95.3 Å². The van der Waals surface area contributed by atoms with Crippen molar-refractivity contribution in [3.63, 3.8) is 0 Å². The van der Waals surface area contributed by atoms with Crippen molar-refractivity contribution in [2.24, 2.45) is 0 Å². The van der Waals surface area contributed by atoms with Crippen LogP contribution in [-0.4, -0.2) is 28.6 Å². The summed E-state index contributed by atoms with van der Waals surface area (Å²) in [6.45, 7) is 0.676. The first-order valence-corrected chi connectivity index (χ1v) is 11.7. The molecule has 0 fully saturated rings. The third kappa shape index (κ3) is 4.73. The maximum absolute atomic E-state index is 14.8. The molecule has 10 heteroatoms. The van der Waals surface area contributed by atoms with Crippen molar-refractivity contribution < 1.29 is 13.5 Å². The van der Waals surface area contributed by atoms with Crippen LogP contribution in [0.3, 0.4) is 0 Å². The van der Waals surface area contributed by atoms with E-state index in [-0.39, 0.29) is 30.4 Å². The highest BCUT2D eigenvalue weighted by Crippen LogP contribution is 2.42. The fourth-order valence-electron chi connectivity index (χ4n) is 4.64. The molecule has 1 aliphatic heterocycles. The Morgan fingerprint density at radius 1 is 0.947 bits per heavy atom. The second kappa shape index (κ2) is 11.1. The second-order valence-corrected chi connectivity index (χ2v) is 8.90. The van der Waals surface area contributed by atoms with E-state index in [1.54, 1.807) is 24.5 Å². The van der Waals surface area contributed by atoms with Gasteiger partial charge in [0.1, 0.15) is 17.1 Å². The molecule has 6 rings (SSSR count). The van der Waals surface area contributed by atoms with Crippen LogP contribution in [0.5, 0.6) is 5.75 Å². The van der Waals surface area contributed by atoms with E-state index in [0.717, 1.165) is 29.3 Å². The first kappa shape index (κ1) is 27.5. The standard InChI is InChI=1S/C28H19ClF2N4O.2ClH/c1-36-24-14-18(20-5-2-6-22(30)25(20)31)13-21-26(24)33-27(17-4-3-10-32-15-17)34-28(21)35-11-9-16-12-19(29)7-8-23(16)35;;/h2-8,10,12-15H,9,11H2,1H3;2*1H. The lowest BCUT2D eigenvalue weighted by Crippen LogP contribution is -2.16. The van der Waals surface area contributed by atoms with Gasteiger partial charge in [-0.05, 0) is 66.1 Å². The predicted octanol–water partition coefficient (Wildman–Crippen LogP) is 7.84. The van der Waals surface area contributed by atoms with Crippen LogP contribution in [0.1, 0.15) is 5.56 Å². The highest BCUT2D eigenvalue weighted by molar-refractivity contribution is 6.30. The number of benzene rings is 3. The van der Waals surface area contributed by atoms with E-state index in [4.69, 9.17) is 26.3 Å². The van der Waals surface area contributed by atoms with Gasteiger partial charge in [0, 0.05) is 46.2 Å². The summed E-state index contributed by atoms with van der Waals surface area (Å²) in [6.07, 6.45) is 4.18. The van der Waals surface area contributed by atoms with E-state index in [1.165, 1.54) is 19.2 Å². The molecule has 0 atom stereocenters. The normalized spacial score (nSPS) is 12.1. The number of nitrogens with zero attached hydrogens (tertiary/aromatic N) is 4. The van der Waals surface area contributed by atoms with Crippen LogP contribution in [-0.2, 0) is 6.42 Å². The zero-order valence-electron chi connectivity index (χ0n) is 20.0. The van der Waals surface area contributed by atoms with E-state index >= 15 is 0 Å². The van der Waals surface area contributed by atoms with Gasteiger partial charge in [-0.25, -0.2) is 18.7 Å². The van der Waals surface area contributed by atoms with Gasteiger partial charge >= 0.3 is 0 Å². The molecule has 0 amide bonds. The van der Waals surface area contributed by atoms with Gasteiger partial charge in [0.15, 0.2) is 17.5 Å². The molecular formula is C28H21Cl3F2N4O. The van der Waals surface area contributed by atoms with E-state index < -0.39 is 11.6 Å². The first-order chi connectivity index (χ1) is 17.5. The maximum atomic E-state index is 14.8. The molecule has 5 nitrogen and oxygen atoms in total. The Hall–Kier alpha value is -3.52. The highest BCUT2D eigenvalue weighted by atomic mass is 35.5. The van der Waals surface area contributed by atoms with Crippen LogP contribution in [0.2, 0.25) is 5.02 Å². The second-order valence-electron chi connectivity index (χ2n) is 8.46. The largest absolute Gasteiger partial charge is 0.494 e. The van der Waals surface area contributed by atoms with Crippen molar-refractivity contribution in [3.8, 4) is 28.3 Å². The molecule has 0 N–H and O–H groups in total. The minimum Gasteiger partial charge on any atom is -0.494 e. The molecule has 0 radical (unpaired) electrons. The van der Waals surface area contributed by atoms with Crippen LogP contribution in [0, 0.1) is 11.6 Å². The number of hydrogen-bond acceptors (Lipinski definition) is 5. The number of pyridine rings is 1. The first-order valence-electron chi connectivity index (χ1n) is 11.3. The van der Waals surface area contributed by atoms with Gasteiger partial charge in [0.2, 0.25) is 0 Å². The third-order valence-electron chi connectivity index (χ3n) is 6.34. The molecule has 2 aromatic heterocycles. The Labute approximate surface area is 235 Å². The Kier molecular flexibility index (Phi) is 8.02. The lowest BCUT2D eigenvalue weighted by molar-refractivity contribution is 0.419. The van der Waals surface area contributed by atoms with Gasteiger partial charge in [-0.15, -0.1) is 24.8 Å². The molecule has 0 saturated heterocycles. The number of fused-ring (bicyclic) bond motifs is 2. The van der Waals surface area contributed by atoms with Gasteiger partial charge in [-0.1, -0.05) is 23.7 Å². The Morgan fingerprint density at radius 3 is 2.55 bits per heavy atom. The van der Waals surface area contributed by atoms with E-state index in [9.17, 15) is 8.78 Å². The van der Waals surface area contributed by atoms with Gasteiger partial charge in [0.05, 0.1) is 7.11 Å². The number of aromatic nitrogens is 3. The zero-order chi connectivity index (χ0) is 24.8. The van der Waals surface area contributed by atoms with E-state index in [1.807, 2.05) is 30.3 Å². The molecule has 5 aromatic rings. The molecule has 1 aliphatic rings. The summed E-state index contributed by atoms with van der Waals surface area (Å²) in [7, 11) is 1.53. The van der Waals surface area contributed by atoms with E-state index in [0.29, 0.717) is 45.4 Å². The monoisotopic (exact) mass is 572 g/mol. The summed E-state index contributed by atoms with van der Waals surface area (Å²) in [5.41, 5.74) is 3.99. The smallest absolute Gasteiger partial charge is 0.166 e. The minimum absolute atomic E-state index is 0. The molecule has 3 aromatic carbocycles. The number of rotatable bonds is 4. The summed E-state index contributed by atoms with van der Waals surface area (Å²) in [4.78, 5) is 16.1. The van der Waals surface area contributed by atoms with Crippen molar-refractivity contribution in [2.75, 3.05) is 18.6 Å². The highest BCUT2D eigenvalue weighted by Gasteiger charge is 2.26. The van der Waals surface area contributed by atoms with Crippen LogP contribution in [0.4, 0.5) is 20.3 Å². The minimum atomic E-state index is -0.922. The molecule has 0 spiro atoms. The van der Waals surface area contributed by atoms with Gasteiger partial charge in [-0.2, -0.15) is 0 Å². The van der Waals surface area contributed by atoms with Gasteiger partial charge < -0.3 is 9.64 Å². The van der Waals surface area contributed by atoms with Gasteiger partial charge in [-0.3, -0.25) is 4.98 Å². The third-order valence-corrected chi connectivity index (χ3v) is 6.58. The molecule has 0 bridgehead atoms. The van der Waals surface area contributed by atoms with Crippen LogP contribution >= 0.6 is 36.4 Å². The summed E-state index contributed by atoms with van der Waals surface area (Å²) >= 11 is 6.24. The summed E-state index contributed by atoms with van der Waals surface area (Å²) in [5.74, 6) is -0.293. The summed E-state index contributed by atoms with van der Waals surface area (Å²) in [6, 6.07) is 17.0. The number of methoxy groups -OCH3 is 1. The van der Waals surface area contributed by atoms with Crippen LogP contribution in [0.25, 0.3) is 33.4 Å². The maximum Gasteiger partial charge on any atom is 0.166 e. The number of hydrogen-bond donors (Lipinski definition) is 0. The van der Waals surface area contributed by atoms with Crippen LogP contribution in [0.15, 0.2) is 73.1 Å². The Bertz CT molecular complexity index is 1640. The lowest BCUT2D eigenvalue weighted by Gasteiger charge is -2.22. The fourth-order valence-corrected chi connectivity index (χ4v) is 4.84. The number of halogens is 5. The fraction of sp³-hybridized carbons (Fsp3) is 0.107. The Morgan fingerprint density at radius 2 is 1.79 bits per heavy atom. The molecule has 0 aliphatic carbocycles. The van der Waals surface area contributed by atoms with Gasteiger partial charge in [0.25, 0.3) is 0 Å². The average molecular weight is 574 g/mol. The van der Waals surface area contributed by atoms with E-state index in [2.05, 4.69) is 9.88 Å². The SMILES string of the molecule is COc1cc(-c2cccc(F)c2F)cc2c(N3CCc4cc(Cl)ccc43)nc(-c3cccnc3)nc12.Cl.Cl. The van der Waals surface area contributed by atoms with Crippen molar-refractivity contribution in [1.29, 1.82) is 0 Å². The quantitative estimate of drug-likeness (QED) is 0.219. The van der Waals surface area contributed by atoms with Crippen molar-refractivity contribution >= 4 is 58.8 Å². The molecule has 0 unspecified atom stereocenters. The number of anilines is 2. The molecule has 194 valence electrons. The topological polar surface area (TPSA) is 51.1 Å². The average Bonchev–Trinajstić information content (AvgIpc) is 3.32. The van der Waals surface area contributed by atoms with Crippen molar-refractivity contribution in [2.45, 2.75) is 6.42 Å². The molecular weight excluding hydrogens is 553 g/mol. The molecule has 0 saturated carbocycles. The zero-order valence-corrected chi connectivity index (χ0v) is 22.4. The molecule has 3 heterocycles. The van der Waals surface area contributed by atoms with Crippen LogP contribution < -0.4 is 9.64 Å². The number of ether oxygens (including phenoxy) is 1.